The maximum Gasteiger partial charge on any atom is 0.343 e. The summed E-state index contributed by atoms with van der Waals surface area (Å²) in [6, 6.07) is 5.73. The number of benzene rings is 1. The maximum atomic E-state index is 11.7. The second-order valence-corrected chi connectivity index (χ2v) is 5.09. The average Bonchev–Trinajstić information content (AvgIpc) is 2.45. The molecule has 0 amide bonds. The lowest BCUT2D eigenvalue weighted by Crippen LogP contribution is -2.11. The van der Waals surface area contributed by atoms with Crippen molar-refractivity contribution >= 4 is 35.0 Å². The van der Waals surface area contributed by atoms with E-state index in [9.17, 15) is 4.79 Å². The lowest BCUT2D eigenvalue weighted by Gasteiger charge is -2.11. The first-order valence-corrected chi connectivity index (χ1v) is 6.86. The lowest BCUT2D eigenvalue weighted by atomic mass is 10.1. The molecule has 110 valence electrons. The Morgan fingerprint density at radius 2 is 2.14 bits per heavy atom. The molecule has 0 fully saturated rings. The summed E-state index contributed by atoms with van der Waals surface area (Å²) < 4.78 is 4.68. The summed E-state index contributed by atoms with van der Waals surface area (Å²) in [5.41, 5.74) is 2.17. The van der Waals surface area contributed by atoms with Gasteiger partial charge >= 0.3 is 5.97 Å². The van der Waals surface area contributed by atoms with Gasteiger partial charge in [0.15, 0.2) is 0 Å². The number of hydrogen-bond donors (Lipinski definition) is 1. The molecule has 1 aromatic carbocycles. The molecule has 2 rings (SSSR count). The van der Waals surface area contributed by atoms with Crippen molar-refractivity contribution in [3.63, 3.8) is 0 Å². The quantitative estimate of drug-likeness (QED) is 0.688. The second-order valence-electron chi connectivity index (χ2n) is 4.34. The highest BCUT2D eigenvalue weighted by Crippen LogP contribution is 2.20. The molecule has 0 spiro atoms. The van der Waals surface area contributed by atoms with Crippen molar-refractivity contribution in [3.8, 4) is 0 Å². The average molecular weight is 326 g/mol. The van der Waals surface area contributed by atoms with E-state index < -0.39 is 5.97 Å². The summed E-state index contributed by atoms with van der Waals surface area (Å²) in [6.45, 7) is 2.36. The van der Waals surface area contributed by atoms with Gasteiger partial charge in [-0.15, -0.1) is 0 Å². The van der Waals surface area contributed by atoms with Crippen LogP contribution in [0.3, 0.4) is 0 Å². The predicted molar refractivity (Wildman–Crippen MR) is 81.9 cm³/mol. The smallest absolute Gasteiger partial charge is 0.343 e. The number of methoxy groups -OCH3 is 1. The van der Waals surface area contributed by atoms with Crippen LogP contribution in [-0.4, -0.2) is 23.0 Å². The van der Waals surface area contributed by atoms with Gasteiger partial charge in [0, 0.05) is 17.8 Å². The van der Waals surface area contributed by atoms with Crippen LogP contribution >= 0.6 is 23.2 Å². The number of anilines is 1. The molecule has 0 atom stereocenters. The van der Waals surface area contributed by atoms with E-state index in [0.29, 0.717) is 17.4 Å². The van der Waals surface area contributed by atoms with E-state index in [2.05, 4.69) is 20.0 Å². The summed E-state index contributed by atoms with van der Waals surface area (Å²) in [5.74, 6) is -0.234. The van der Waals surface area contributed by atoms with Crippen molar-refractivity contribution in [1.82, 2.24) is 9.97 Å². The van der Waals surface area contributed by atoms with Crippen LogP contribution in [0.2, 0.25) is 10.3 Å². The largest absolute Gasteiger partial charge is 0.465 e. The lowest BCUT2D eigenvalue weighted by molar-refractivity contribution is 0.0601. The molecule has 2 aromatic rings. The number of carbonyl (C=O) groups is 1. The van der Waals surface area contributed by atoms with Crippen molar-refractivity contribution in [3.05, 3.63) is 51.4 Å². The molecule has 21 heavy (non-hydrogen) atoms. The summed E-state index contributed by atoms with van der Waals surface area (Å²) in [6.07, 6.45) is 1.32. The van der Waals surface area contributed by atoms with Gasteiger partial charge < -0.3 is 10.1 Å². The standard InChI is InChI=1S/C14H13Cl2N3O2/c1-8-3-4-9(11(15)5-8)6-17-12-10(13(20)21-2)7-18-14(16)19-12/h3-5,7H,6H2,1-2H3,(H,17,18,19). The fraction of sp³-hybridized carbons (Fsp3) is 0.214. The molecule has 0 aliphatic rings. The number of ether oxygens (including phenoxy) is 1. The zero-order valence-electron chi connectivity index (χ0n) is 11.5. The molecule has 7 heteroatoms. The number of rotatable bonds is 4. The molecule has 1 N–H and O–H groups in total. The SMILES string of the molecule is COC(=O)c1cnc(Cl)nc1NCc1ccc(C)cc1Cl. The number of esters is 1. The summed E-state index contributed by atoms with van der Waals surface area (Å²) >= 11 is 11.9. The van der Waals surface area contributed by atoms with Gasteiger partial charge in [0.1, 0.15) is 11.4 Å². The Morgan fingerprint density at radius 3 is 2.81 bits per heavy atom. The fourth-order valence-electron chi connectivity index (χ4n) is 1.73. The van der Waals surface area contributed by atoms with Crippen LogP contribution in [0.25, 0.3) is 0 Å². The summed E-state index contributed by atoms with van der Waals surface area (Å²) in [5, 5.41) is 3.71. The van der Waals surface area contributed by atoms with E-state index in [1.54, 1.807) is 0 Å². The normalized spacial score (nSPS) is 10.3. The minimum absolute atomic E-state index is 0.0418. The molecule has 0 aliphatic carbocycles. The summed E-state index contributed by atoms with van der Waals surface area (Å²) in [7, 11) is 1.29. The third kappa shape index (κ3) is 3.83. The van der Waals surface area contributed by atoms with E-state index in [-0.39, 0.29) is 10.8 Å². The minimum atomic E-state index is -0.538. The number of hydrogen-bond acceptors (Lipinski definition) is 5. The Hall–Kier alpha value is -1.85. The van der Waals surface area contributed by atoms with Crippen LogP contribution in [0.5, 0.6) is 0 Å². The van der Waals surface area contributed by atoms with Crippen LogP contribution < -0.4 is 5.32 Å². The molecule has 0 saturated heterocycles. The van der Waals surface area contributed by atoms with Gasteiger partial charge in [-0.25, -0.2) is 9.78 Å². The topological polar surface area (TPSA) is 64.1 Å². The highest BCUT2D eigenvalue weighted by Gasteiger charge is 2.15. The second kappa shape index (κ2) is 6.74. The molecule has 0 radical (unpaired) electrons. The monoisotopic (exact) mass is 325 g/mol. The highest BCUT2D eigenvalue weighted by molar-refractivity contribution is 6.31. The third-order valence-electron chi connectivity index (χ3n) is 2.82. The van der Waals surface area contributed by atoms with Gasteiger partial charge in [0.05, 0.1) is 7.11 Å². The van der Waals surface area contributed by atoms with Crippen LogP contribution in [0, 0.1) is 6.92 Å². The Labute approximate surface area is 132 Å². The molecule has 1 aromatic heterocycles. The van der Waals surface area contributed by atoms with Crippen LogP contribution in [0.4, 0.5) is 5.82 Å². The number of aryl methyl sites for hydroxylation is 1. The molecule has 1 heterocycles. The molecule has 0 bridgehead atoms. The maximum absolute atomic E-state index is 11.7. The first-order chi connectivity index (χ1) is 10.0. The van der Waals surface area contributed by atoms with E-state index in [1.807, 2.05) is 25.1 Å². The van der Waals surface area contributed by atoms with Gasteiger partial charge in [-0.2, -0.15) is 4.98 Å². The van der Waals surface area contributed by atoms with E-state index >= 15 is 0 Å². The molecular weight excluding hydrogens is 313 g/mol. The Balaban J connectivity index is 2.23. The Bertz CT molecular complexity index is 677. The Morgan fingerprint density at radius 1 is 1.38 bits per heavy atom. The minimum Gasteiger partial charge on any atom is -0.465 e. The number of aromatic nitrogens is 2. The Kier molecular flexibility index (Phi) is 4.98. The van der Waals surface area contributed by atoms with Crippen molar-refractivity contribution in [2.75, 3.05) is 12.4 Å². The number of nitrogens with one attached hydrogen (secondary N) is 1. The van der Waals surface area contributed by atoms with Crippen molar-refractivity contribution in [2.24, 2.45) is 0 Å². The van der Waals surface area contributed by atoms with Crippen molar-refractivity contribution in [1.29, 1.82) is 0 Å². The first kappa shape index (κ1) is 15.5. The number of nitrogens with zero attached hydrogens (tertiary/aromatic N) is 2. The van der Waals surface area contributed by atoms with Crippen molar-refractivity contribution in [2.45, 2.75) is 13.5 Å². The van der Waals surface area contributed by atoms with E-state index in [1.165, 1.54) is 13.3 Å². The van der Waals surface area contributed by atoms with Crippen molar-refractivity contribution < 1.29 is 9.53 Å². The van der Waals surface area contributed by atoms with Crippen LogP contribution in [0.15, 0.2) is 24.4 Å². The number of halogens is 2. The molecule has 5 nitrogen and oxygen atoms in total. The highest BCUT2D eigenvalue weighted by atomic mass is 35.5. The van der Waals surface area contributed by atoms with E-state index in [4.69, 9.17) is 23.2 Å². The van der Waals surface area contributed by atoms with Gasteiger partial charge in [-0.05, 0) is 35.7 Å². The van der Waals surface area contributed by atoms with E-state index in [0.717, 1.165) is 11.1 Å². The van der Waals surface area contributed by atoms with Gasteiger partial charge in [-0.3, -0.25) is 0 Å². The molecule has 0 saturated carbocycles. The zero-order valence-corrected chi connectivity index (χ0v) is 13.0. The summed E-state index contributed by atoms with van der Waals surface area (Å²) in [4.78, 5) is 19.4. The zero-order chi connectivity index (χ0) is 15.4. The van der Waals surface area contributed by atoms with Crippen LogP contribution in [0.1, 0.15) is 21.5 Å². The number of carbonyl (C=O) groups excluding carboxylic acids is 1. The van der Waals surface area contributed by atoms with Crippen LogP contribution in [-0.2, 0) is 11.3 Å². The van der Waals surface area contributed by atoms with Gasteiger partial charge in [0.2, 0.25) is 5.28 Å². The predicted octanol–water partition coefficient (Wildman–Crippen LogP) is 3.49. The molecule has 0 aliphatic heterocycles. The van der Waals surface area contributed by atoms with Gasteiger partial charge in [-0.1, -0.05) is 23.7 Å². The molecular formula is C14H13Cl2N3O2. The third-order valence-corrected chi connectivity index (χ3v) is 3.35. The van der Waals surface area contributed by atoms with Gasteiger partial charge in [0.25, 0.3) is 0 Å². The fourth-order valence-corrected chi connectivity index (χ4v) is 2.16. The molecule has 0 unspecified atom stereocenters. The first-order valence-electron chi connectivity index (χ1n) is 6.11.